The molecule has 1 N–H and O–H groups in total. The summed E-state index contributed by atoms with van der Waals surface area (Å²) < 4.78 is 6.34. The topological polar surface area (TPSA) is 41.6 Å². The number of nitrogens with one attached hydrogen (secondary N) is 1. The van der Waals surface area contributed by atoms with E-state index >= 15 is 0 Å². The van der Waals surface area contributed by atoms with Gasteiger partial charge in [-0.15, -0.1) is 0 Å². The highest BCUT2D eigenvalue weighted by atomic mass is 16.5. The van der Waals surface area contributed by atoms with E-state index in [2.05, 4.69) is 5.32 Å². The summed E-state index contributed by atoms with van der Waals surface area (Å²) in [5.74, 6) is 0.316. The Bertz CT molecular complexity index is 347. The minimum atomic E-state index is 0.218. The second kappa shape index (κ2) is 7.10. The summed E-state index contributed by atoms with van der Waals surface area (Å²) in [6.45, 7) is 3.64. The van der Waals surface area contributed by atoms with Crippen LogP contribution in [0.25, 0.3) is 0 Å². The molecule has 0 aromatic heterocycles. The molecule has 0 aromatic carbocycles. The van der Waals surface area contributed by atoms with Crippen LogP contribution in [0.3, 0.4) is 0 Å². The minimum Gasteiger partial charge on any atom is -0.370 e. The molecule has 1 unspecified atom stereocenters. The Hall–Kier alpha value is -0.610. The Morgan fingerprint density at radius 1 is 1.10 bits per heavy atom. The quantitative estimate of drug-likeness (QED) is 0.792. The highest BCUT2D eigenvalue weighted by Crippen LogP contribution is 2.41. The first-order valence-electron chi connectivity index (χ1n) is 8.94. The summed E-state index contributed by atoms with van der Waals surface area (Å²) in [4.78, 5) is 13.9. The molecule has 21 heavy (non-hydrogen) atoms. The normalized spacial score (nSPS) is 28.4. The van der Waals surface area contributed by atoms with Crippen molar-refractivity contribution >= 4 is 5.91 Å². The fraction of sp³-hybridized carbons (Fsp3) is 0.941. The molecule has 2 heterocycles. The number of carbonyl (C=O) groups excluding carboxylic acids is 1. The number of hydrogen-bond donors (Lipinski definition) is 1. The highest BCUT2D eigenvalue weighted by Gasteiger charge is 2.40. The molecule has 0 radical (unpaired) electrons. The number of ether oxygens (including phenoxy) is 1. The monoisotopic (exact) mass is 294 g/mol. The molecule has 1 atom stereocenters. The molecule has 3 rings (SSSR count). The average molecular weight is 294 g/mol. The lowest BCUT2D eigenvalue weighted by molar-refractivity contribution is -0.130. The summed E-state index contributed by atoms with van der Waals surface area (Å²) in [6.07, 6.45) is 12.4. The highest BCUT2D eigenvalue weighted by molar-refractivity contribution is 5.76. The average Bonchev–Trinajstić information content (AvgIpc) is 3.15. The molecule has 3 fully saturated rings. The fourth-order valence-electron chi connectivity index (χ4n) is 4.19. The maximum absolute atomic E-state index is 11.9. The van der Waals surface area contributed by atoms with Crippen LogP contribution in [-0.2, 0) is 9.53 Å². The fourth-order valence-corrected chi connectivity index (χ4v) is 4.19. The van der Waals surface area contributed by atoms with Crippen molar-refractivity contribution in [2.45, 2.75) is 75.9 Å². The molecule has 4 nitrogen and oxygen atoms in total. The third-order valence-electron chi connectivity index (χ3n) is 5.45. The summed E-state index contributed by atoms with van der Waals surface area (Å²) in [6, 6.07) is 0. The van der Waals surface area contributed by atoms with Gasteiger partial charge in [0, 0.05) is 32.6 Å². The Balaban J connectivity index is 1.30. The molecule has 1 amide bonds. The van der Waals surface area contributed by atoms with Crippen molar-refractivity contribution in [3.8, 4) is 0 Å². The van der Waals surface area contributed by atoms with Crippen molar-refractivity contribution in [3.05, 3.63) is 0 Å². The second-order valence-corrected chi connectivity index (χ2v) is 7.06. The first kappa shape index (κ1) is 15.3. The van der Waals surface area contributed by atoms with Crippen LogP contribution in [0.1, 0.15) is 64.2 Å². The van der Waals surface area contributed by atoms with Gasteiger partial charge in [-0.1, -0.05) is 19.3 Å². The molecule has 120 valence electrons. The lowest BCUT2D eigenvalue weighted by Gasteiger charge is -2.33. The van der Waals surface area contributed by atoms with Crippen LogP contribution >= 0.6 is 0 Å². The Labute approximate surface area is 128 Å². The largest absolute Gasteiger partial charge is 0.370 e. The van der Waals surface area contributed by atoms with E-state index in [4.69, 9.17) is 4.74 Å². The second-order valence-electron chi connectivity index (χ2n) is 7.06. The Morgan fingerprint density at radius 2 is 1.86 bits per heavy atom. The van der Waals surface area contributed by atoms with E-state index in [1.54, 1.807) is 0 Å². The van der Waals surface area contributed by atoms with Crippen molar-refractivity contribution in [2.75, 3.05) is 26.2 Å². The molecular formula is C17H30N2O2. The van der Waals surface area contributed by atoms with Gasteiger partial charge in [0.1, 0.15) is 0 Å². The van der Waals surface area contributed by atoms with Gasteiger partial charge in [0.05, 0.1) is 11.7 Å². The van der Waals surface area contributed by atoms with E-state index in [0.717, 1.165) is 26.2 Å². The zero-order chi connectivity index (χ0) is 14.5. The van der Waals surface area contributed by atoms with Crippen molar-refractivity contribution in [3.63, 3.8) is 0 Å². The lowest BCUT2D eigenvalue weighted by Crippen LogP contribution is -2.36. The van der Waals surface area contributed by atoms with E-state index < -0.39 is 0 Å². The van der Waals surface area contributed by atoms with Gasteiger partial charge in [-0.3, -0.25) is 4.79 Å². The number of hydrogen-bond acceptors (Lipinski definition) is 3. The SMILES string of the molecule is O=C(CCNCC1CCC2(CCCCC2)O1)N1CCCC1. The zero-order valence-corrected chi connectivity index (χ0v) is 13.2. The van der Waals surface area contributed by atoms with Crippen LogP contribution in [0.2, 0.25) is 0 Å². The van der Waals surface area contributed by atoms with Crippen molar-refractivity contribution in [1.29, 1.82) is 0 Å². The molecular weight excluding hydrogens is 264 g/mol. The van der Waals surface area contributed by atoms with Crippen molar-refractivity contribution < 1.29 is 9.53 Å². The van der Waals surface area contributed by atoms with Gasteiger partial charge in [-0.25, -0.2) is 0 Å². The van der Waals surface area contributed by atoms with Gasteiger partial charge >= 0.3 is 0 Å². The molecule has 1 saturated carbocycles. The molecule has 4 heteroatoms. The third kappa shape index (κ3) is 3.98. The maximum atomic E-state index is 11.9. The van der Waals surface area contributed by atoms with Crippen LogP contribution in [-0.4, -0.2) is 48.7 Å². The summed E-state index contributed by atoms with van der Waals surface area (Å²) in [7, 11) is 0. The van der Waals surface area contributed by atoms with Crippen LogP contribution in [0.15, 0.2) is 0 Å². The smallest absolute Gasteiger partial charge is 0.223 e. The number of carbonyl (C=O) groups is 1. The molecule has 0 aromatic rings. The van der Waals surface area contributed by atoms with Crippen molar-refractivity contribution in [1.82, 2.24) is 10.2 Å². The molecule has 2 saturated heterocycles. The van der Waals surface area contributed by atoms with Gasteiger partial charge in [-0.05, 0) is 38.5 Å². The Morgan fingerprint density at radius 3 is 2.62 bits per heavy atom. The lowest BCUT2D eigenvalue weighted by atomic mass is 9.83. The summed E-state index contributed by atoms with van der Waals surface area (Å²) in [5.41, 5.74) is 0.218. The van der Waals surface area contributed by atoms with Crippen LogP contribution in [0.4, 0.5) is 0 Å². The molecule has 1 aliphatic carbocycles. The van der Waals surface area contributed by atoms with Gasteiger partial charge in [-0.2, -0.15) is 0 Å². The first-order valence-corrected chi connectivity index (χ1v) is 8.94. The van der Waals surface area contributed by atoms with Gasteiger partial charge < -0.3 is 15.0 Å². The maximum Gasteiger partial charge on any atom is 0.223 e. The first-order chi connectivity index (χ1) is 10.3. The van der Waals surface area contributed by atoms with Crippen LogP contribution in [0.5, 0.6) is 0 Å². The number of rotatable bonds is 5. The number of amides is 1. The van der Waals surface area contributed by atoms with E-state index in [0.29, 0.717) is 18.4 Å². The predicted octanol–water partition coefficient (Wildman–Crippen LogP) is 2.47. The zero-order valence-electron chi connectivity index (χ0n) is 13.2. The molecule has 0 bridgehead atoms. The van der Waals surface area contributed by atoms with E-state index in [1.165, 1.54) is 57.8 Å². The molecule has 3 aliphatic rings. The van der Waals surface area contributed by atoms with Gasteiger partial charge in [0.15, 0.2) is 0 Å². The third-order valence-corrected chi connectivity index (χ3v) is 5.45. The van der Waals surface area contributed by atoms with E-state index in [1.807, 2.05) is 4.90 Å². The summed E-state index contributed by atoms with van der Waals surface area (Å²) in [5, 5.41) is 3.43. The van der Waals surface area contributed by atoms with E-state index in [9.17, 15) is 4.79 Å². The number of nitrogens with zero attached hydrogens (tertiary/aromatic N) is 1. The Kier molecular flexibility index (Phi) is 5.17. The molecule has 2 aliphatic heterocycles. The summed E-state index contributed by atoms with van der Waals surface area (Å²) >= 11 is 0. The van der Waals surface area contributed by atoms with E-state index in [-0.39, 0.29) is 5.60 Å². The number of likely N-dealkylation sites (tertiary alicyclic amines) is 1. The van der Waals surface area contributed by atoms with Crippen molar-refractivity contribution in [2.24, 2.45) is 0 Å². The van der Waals surface area contributed by atoms with Gasteiger partial charge in [0.2, 0.25) is 5.91 Å². The van der Waals surface area contributed by atoms with Crippen LogP contribution in [0, 0.1) is 0 Å². The predicted molar refractivity (Wildman–Crippen MR) is 83.2 cm³/mol. The van der Waals surface area contributed by atoms with Crippen LogP contribution < -0.4 is 5.32 Å². The minimum absolute atomic E-state index is 0.218. The van der Waals surface area contributed by atoms with Gasteiger partial charge in [0.25, 0.3) is 0 Å². The standard InChI is InChI=1S/C17H30N2O2/c20-16(19-12-4-5-13-19)7-11-18-14-15-6-10-17(21-15)8-2-1-3-9-17/h15,18H,1-14H2. The molecule has 1 spiro atoms.